The number of nitrogens with one attached hydrogen (secondary N) is 1. The van der Waals surface area contributed by atoms with E-state index >= 15 is 0 Å². The van der Waals surface area contributed by atoms with Crippen LogP contribution in [-0.4, -0.2) is 50.3 Å². The number of ether oxygens (including phenoxy) is 2. The zero-order valence-electron chi connectivity index (χ0n) is 12.1. The molecule has 5 nitrogen and oxygen atoms in total. The maximum atomic E-state index is 12.3. The first-order chi connectivity index (χ1) is 9.72. The zero-order valence-corrected chi connectivity index (χ0v) is 12.1. The number of amides is 1. The van der Waals surface area contributed by atoms with Gasteiger partial charge in [-0.2, -0.15) is 0 Å². The minimum atomic E-state index is -0.210. The number of hydrogen-bond donors (Lipinski definition) is 1. The van der Waals surface area contributed by atoms with Crippen LogP contribution in [0.5, 0.6) is 5.75 Å². The van der Waals surface area contributed by atoms with Crippen LogP contribution in [0.15, 0.2) is 24.3 Å². The monoisotopic (exact) mass is 278 g/mol. The molecule has 1 heterocycles. The number of para-hydroxylation sites is 1. The third-order valence-corrected chi connectivity index (χ3v) is 3.48. The molecule has 0 spiro atoms. The highest BCUT2D eigenvalue weighted by Gasteiger charge is 2.22. The van der Waals surface area contributed by atoms with Crippen molar-refractivity contribution in [1.29, 1.82) is 0 Å². The Morgan fingerprint density at radius 1 is 1.40 bits per heavy atom. The molecule has 1 aliphatic rings. The summed E-state index contributed by atoms with van der Waals surface area (Å²) in [4.78, 5) is 14.1. The quantitative estimate of drug-likeness (QED) is 0.874. The predicted octanol–water partition coefficient (Wildman–Crippen LogP) is 1.03. The summed E-state index contributed by atoms with van der Waals surface area (Å²) in [7, 11) is 1.65. The Kier molecular flexibility index (Phi) is 5.38. The third-order valence-electron chi connectivity index (χ3n) is 3.48. The molecule has 0 radical (unpaired) electrons. The molecular formula is C15H22N2O3. The van der Waals surface area contributed by atoms with Gasteiger partial charge in [0.2, 0.25) is 5.91 Å². The Morgan fingerprint density at radius 3 is 2.80 bits per heavy atom. The Labute approximate surface area is 119 Å². The molecule has 20 heavy (non-hydrogen) atoms. The van der Waals surface area contributed by atoms with E-state index in [1.165, 1.54) is 0 Å². The molecule has 1 aromatic carbocycles. The number of nitrogens with zero attached hydrogens (tertiary/aromatic N) is 1. The van der Waals surface area contributed by atoms with Crippen LogP contribution in [0, 0.1) is 0 Å². The predicted molar refractivity (Wildman–Crippen MR) is 76.7 cm³/mol. The van der Waals surface area contributed by atoms with E-state index in [0.29, 0.717) is 32.8 Å². The Morgan fingerprint density at radius 2 is 2.10 bits per heavy atom. The Bertz CT molecular complexity index is 444. The van der Waals surface area contributed by atoms with E-state index in [1.807, 2.05) is 36.1 Å². The number of rotatable bonds is 5. The number of carbonyl (C=O) groups is 1. The van der Waals surface area contributed by atoms with Crippen molar-refractivity contribution in [3.63, 3.8) is 0 Å². The average molecular weight is 278 g/mol. The van der Waals surface area contributed by atoms with Gasteiger partial charge in [-0.25, -0.2) is 0 Å². The highest BCUT2D eigenvalue weighted by molar-refractivity contribution is 5.81. The summed E-state index contributed by atoms with van der Waals surface area (Å²) in [5.41, 5.74) is 1.05. The molecule has 1 atom stereocenters. The van der Waals surface area contributed by atoms with Crippen LogP contribution >= 0.6 is 0 Å². The highest BCUT2D eigenvalue weighted by Crippen LogP contribution is 2.17. The lowest BCUT2D eigenvalue weighted by atomic mass is 10.2. The van der Waals surface area contributed by atoms with Gasteiger partial charge in [0, 0.05) is 25.2 Å². The van der Waals surface area contributed by atoms with Crippen molar-refractivity contribution in [2.75, 3.05) is 33.4 Å². The molecule has 0 aliphatic carbocycles. The van der Waals surface area contributed by atoms with Gasteiger partial charge in [0.25, 0.3) is 0 Å². The molecule has 0 bridgehead atoms. The number of hydrogen-bond acceptors (Lipinski definition) is 4. The number of carbonyl (C=O) groups excluding carboxylic acids is 1. The second-order valence-electron chi connectivity index (χ2n) is 4.85. The van der Waals surface area contributed by atoms with E-state index in [2.05, 4.69) is 5.32 Å². The van der Waals surface area contributed by atoms with E-state index in [-0.39, 0.29) is 11.9 Å². The molecule has 1 amide bonds. The fourth-order valence-electron chi connectivity index (χ4n) is 2.26. The van der Waals surface area contributed by atoms with Crippen molar-refractivity contribution in [3.8, 4) is 5.75 Å². The van der Waals surface area contributed by atoms with Gasteiger partial charge in [0.15, 0.2) is 0 Å². The maximum Gasteiger partial charge on any atom is 0.239 e. The van der Waals surface area contributed by atoms with Crippen molar-refractivity contribution >= 4 is 5.91 Å². The van der Waals surface area contributed by atoms with Gasteiger partial charge >= 0.3 is 0 Å². The Balaban J connectivity index is 1.87. The molecular weight excluding hydrogens is 256 g/mol. The van der Waals surface area contributed by atoms with Crippen molar-refractivity contribution in [3.05, 3.63) is 29.8 Å². The van der Waals surface area contributed by atoms with E-state index in [9.17, 15) is 4.79 Å². The van der Waals surface area contributed by atoms with Gasteiger partial charge in [-0.15, -0.1) is 0 Å². The van der Waals surface area contributed by atoms with Crippen LogP contribution in [-0.2, 0) is 16.1 Å². The number of methoxy groups -OCH3 is 1. The lowest BCUT2D eigenvalue weighted by Gasteiger charge is -2.29. The molecule has 1 fully saturated rings. The summed E-state index contributed by atoms with van der Waals surface area (Å²) >= 11 is 0. The van der Waals surface area contributed by atoms with Gasteiger partial charge in [-0.05, 0) is 13.0 Å². The van der Waals surface area contributed by atoms with Crippen LogP contribution in [0.4, 0.5) is 0 Å². The molecule has 1 N–H and O–H groups in total. The molecule has 1 saturated heterocycles. The van der Waals surface area contributed by atoms with Gasteiger partial charge in [0.05, 0.1) is 26.4 Å². The van der Waals surface area contributed by atoms with Crippen molar-refractivity contribution in [1.82, 2.24) is 10.2 Å². The first-order valence-electron chi connectivity index (χ1n) is 6.94. The summed E-state index contributed by atoms with van der Waals surface area (Å²) in [6.07, 6.45) is 0. The molecule has 2 rings (SSSR count). The lowest BCUT2D eigenvalue weighted by molar-refractivity contribution is -0.137. The molecule has 5 heteroatoms. The first kappa shape index (κ1) is 14.8. The molecule has 1 unspecified atom stereocenters. The van der Waals surface area contributed by atoms with Gasteiger partial charge in [-0.3, -0.25) is 4.79 Å². The second-order valence-corrected chi connectivity index (χ2v) is 4.85. The van der Waals surface area contributed by atoms with Crippen molar-refractivity contribution in [2.24, 2.45) is 0 Å². The average Bonchev–Trinajstić information content (AvgIpc) is 2.53. The molecule has 0 aromatic heterocycles. The summed E-state index contributed by atoms with van der Waals surface area (Å²) in [5.74, 6) is 0.967. The molecule has 1 aromatic rings. The first-order valence-corrected chi connectivity index (χ1v) is 6.94. The number of benzene rings is 1. The lowest BCUT2D eigenvalue weighted by Crippen LogP contribution is -2.49. The van der Waals surface area contributed by atoms with Gasteiger partial charge < -0.3 is 19.7 Å². The van der Waals surface area contributed by atoms with E-state index in [0.717, 1.165) is 11.3 Å². The van der Waals surface area contributed by atoms with E-state index < -0.39 is 0 Å². The van der Waals surface area contributed by atoms with Crippen LogP contribution in [0.2, 0.25) is 0 Å². The SMILES string of the molecule is COc1ccccc1CNC(C)C(=O)N1CCOCC1. The Hall–Kier alpha value is -1.59. The van der Waals surface area contributed by atoms with Crippen molar-refractivity contribution in [2.45, 2.75) is 19.5 Å². The van der Waals surface area contributed by atoms with Crippen molar-refractivity contribution < 1.29 is 14.3 Å². The van der Waals surface area contributed by atoms with Crippen LogP contribution in [0.25, 0.3) is 0 Å². The van der Waals surface area contributed by atoms with Crippen LogP contribution < -0.4 is 10.1 Å². The second kappa shape index (κ2) is 7.26. The highest BCUT2D eigenvalue weighted by atomic mass is 16.5. The molecule has 1 aliphatic heterocycles. The molecule has 0 saturated carbocycles. The van der Waals surface area contributed by atoms with Crippen LogP contribution in [0.1, 0.15) is 12.5 Å². The zero-order chi connectivity index (χ0) is 14.4. The molecule has 110 valence electrons. The van der Waals surface area contributed by atoms with Crippen LogP contribution in [0.3, 0.4) is 0 Å². The van der Waals surface area contributed by atoms with E-state index in [1.54, 1.807) is 7.11 Å². The summed E-state index contributed by atoms with van der Waals surface area (Å²) in [5, 5.41) is 3.26. The normalized spacial score (nSPS) is 16.8. The minimum absolute atomic E-state index is 0.128. The maximum absolute atomic E-state index is 12.3. The smallest absolute Gasteiger partial charge is 0.239 e. The fraction of sp³-hybridized carbons (Fsp3) is 0.533. The minimum Gasteiger partial charge on any atom is -0.496 e. The van der Waals surface area contributed by atoms with E-state index in [4.69, 9.17) is 9.47 Å². The van der Waals surface area contributed by atoms with Gasteiger partial charge in [0.1, 0.15) is 5.75 Å². The summed E-state index contributed by atoms with van der Waals surface area (Å²) in [6.45, 7) is 5.13. The summed E-state index contributed by atoms with van der Waals surface area (Å²) < 4.78 is 10.6. The topological polar surface area (TPSA) is 50.8 Å². The fourth-order valence-corrected chi connectivity index (χ4v) is 2.26. The van der Waals surface area contributed by atoms with Gasteiger partial charge in [-0.1, -0.05) is 18.2 Å². The third kappa shape index (κ3) is 3.71. The summed E-state index contributed by atoms with van der Waals surface area (Å²) in [6, 6.07) is 7.61. The number of morpholine rings is 1. The standard InChI is InChI=1S/C15H22N2O3/c1-12(15(18)17-7-9-20-10-8-17)16-11-13-5-3-4-6-14(13)19-2/h3-6,12,16H,7-11H2,1-2H3. The largest absolute Gasteiger partial charge is 0.496 e.